The first-order chi connectivity index (χ1) is 9.62. The molecule has 0 heterocycles. The van der Waals surface area contributed by atoms with Crippen molar-refractivity contribution in [1.29, 1.82) is 0 Å². The van der Waals surface area contributed by atoms with Crippen LogP contribution in [0.4, 0.5) is 0 Å². The lowest BCUT2D eigenvalue weighted by molar-refractivity contribution is -0.127. The molecule has 0 aromatic heterocycles. The number of hydrogen-bond acceptors (Lipinski definition) is 4. The van der Waals surface area contributed by atoms with E-state index in [4.69, 9.17) is 9.47 Å². The van der Waals surface area contributed by atoms with E-state index >= 15 is 0 Å². The molecule has 20 heavy (non-hydrogen) atoms. The van der Waals surface area contributed by atoms with E-state index in [1.807, 2.05) is 0 Å². The van der Waals surface area contributed by atoms with Crippen molar-refractivity contribution >= 4 is 12.2 Å². The first-order valence-electron chi connectivity index (χ1n) is 6.70. The Hall–Kier alpha value is -2.04. The summed E-state index contributed by atoms with van der Waals surface area (Å²) in [4.78, 5) is 22.8. The van der Waals surface area contributed by atoms with Crippen LogP contribution in [0.3, 0.4) is 0 Å². The van der Waals surface area contributed by atoms with Crippen LogP contribution in [0.15, 0.2) is 18.2 Å². The van der Waals surface area contributed by atoms with Crippen molar-refractivity contribution in [2.24, 2.45) is 0 Å². The van der Waals surface area contributed by atoms with Gasteiger partial charge in [-0.2, -0.15) is 0 Å². The Bertz CT molecular complexity index is 459. The average Bonchev–Trinajstić information content (AvgIpc) is 2.47. The van der Waals surface area contributed by atoms with Gasteiger partial charge in [0.15, 0.2) is 12.4 Å². The van der Waals surface area contributed by atoms with Gasteiger partial charge in [-0.15, -0.1) is 0 Å². The minimum absolute atomic E-state index is 0.196. The highest BCUT2D eigenvalue weighted by atomic mass is 16.5. The Kier molecular flexibility index (Phi) is 6.56. The Morgan fingerprint density at radius 1 is 1.45 bits per heavy atom. The average molecular weight is 279 g/mol. The summed E-state index contributed by atoms with van der Waals surface area (Å²) >= 11 is 0. The summed E-state index contributed by atoms with van der Waals surface area (Å²) in [5.41, 5.74) is 0.388. The zero-order chi connectivity index (χ0) is 15.0. The largest absolute Gasteiger partial charge is 0.497 e. The van der Waals surface area contributed by atoms with E-state index < -0.39 is 6.10 Å². The maximum atomic E-state index is 11.8. The number of methoxy groups -OCH3 is 1. The Morgan fingerprint density at radius 2 is 2.20 bits per heavy atom. The minimum atomic E-state index is -0.669. The highest BCUT2D eigenvalue weighted by Crippen LogP contribution is 2.24. The zero-order valence-corrected chi connectivity index (χ0v) is 12.1. The second-order valence-corrected chi connectivity index (χ2v) is 4.43. The highest BCUT2D eigenvalue weighted by molar-refractivity contribution is 5.82. The van der Waals surface area contributed by atoms with Crippen molar-refractivity contribution in [3.05, 3.63) is 23.8 Å². The van der Waals surface area contributed by atoms with Crippen LogP contribution < -0.4 is 14.8 Å². The van der Waals surface area contributed by atoms with E-state index in [1.165, 1.54) is 7.11 Å². The monoisotopic (exact) mass is 279 g/mol. The molecule has 1 amide bonds. The molecule has 0 saturated heterocycles. The van der Waals surface area contributed by atoms with Gasteiger partial charge in [-0.25, -0.2) is 0 Å². The fourth-order valence-corrected chi connectivity index (χ4v) is 1.62. The number of rotatable bonds is 8. The topological polar surface area (TPSA) is 64.6 Å². The molecule has 110 valence electrons. The Labute approximate surface area is 119 Å². The molecule has 1 atom stereocenters. The normalized spacial score (nSPS) is 11.6. The lowest BCUT2D eigenvalue weighted by Gasteiger charge is -2.16. The molecule has 0 aliphatic heterocycles. The van der Waals surface area contributed by atoms with Crippen molar-refractivity contribution < 1.29 is 19.1 Å². The van der Waals surface area contributed by atoms with Crippen LogP contribution in [0, 0.1) is 0 Å². The van der Waals surface area contributed by atoms with Gasteiger partial charge in [-0.05, 0) is 25.5 Å². The summed E-state index contributed by atoms with van der Waals surface area (Å²) in [6.07, 6.45) is 1.96. The Balaban J connectivity index is 2.70. The molecule has 1 N–H and O–H groups in total. The second kappa shape index (κ2) is 8.19. The second-order valence-electron chi connectivity index (χ2n) is 4.43. The lowest BCUT2D eigenvalue weighted by Crippen LogP contribution is -2.36. The summed E-state index contributed by atoms with van der Waals surface area (Å²) in [5, 5.41) is 2.79. The quantitative estimate of drug-likeness (QED) is 0.585. The molecule has 0 saturated carbocycles. The molecule has 5 nitrogen and oxygen atoms in total. The number of unbranched alkanes of at least 4 members (excludes halogenated alkanes) is 1. The molecule has 5 heteroatoms. The van der Waals surface area contributed by atoms with Gasteiger partial charge in [0.05, 0.1) is 12.7 Å². The van der Waals surface area contributed by atoms with Gasteiger partial charge < -0.3 is 14.8 Å². The van der Waals surface area contributed by atoms with E-state index in [0.717, 1.165) is 12.8 Å². The first kappa shape index (κ1) is 16.0. The van der Waals surface area contributed by atoms with Crippen LogP contribution in [0.25, 0.3) is 0 Å². The summed E-state index contributed by atoms with van der Waals surface area (Å²) in [7, 11) is 1.53. The molecule has 0 fully saturated rings. The third-order valence-corrected chi connectivity index (χ3v) is 2.85. The standard InChI is InChI=1S/C15H21NO4/c1-4-5-8-16-15(18)11(2)20-14-9-13(19-3)7-6-12(14)10-17/h6-7,9-11H,4-5,8H2,1-3H3,(H,16,18). The third-order valence-electron chi connectivity index (χ3n) is 2.85. The molecule has 1 aromatic carbocycles. The predicted molar refractivity (Wildman–Crippen MR) is 76.4 cm³/mol. The van der Waals surface area contributed by atoms with Crippen LogP contribution in [0.2, 0.25) is 0 Å². The van der Waals surface area contributed by atoms with Crippen LogP contribution in [0.1, 0.15) is 37.0 Å². The van der Waals surface area contributed by atoms with Crippen molar-refractivity contribution in [3.63, 3.8) is 0 Å². The lowest BCUT2D eigenvalue weighted by atomic mass is 10.2. The van der Waals surface area contributed by atoms with Gasteiger partial charge in [0.2, 0.25) is 0 Å². The predicted octanol–water partition coefficient (Wildman–Crippen LogP) is 2.19. The Morgan fingerprint density at radius 3 is 2.80 bits per heavy atom. The molecule has 0 aliphatic carbocycles. The van der Waals surface area contributed by atoms with Crippen molar-refractivity contribution in [2.75, 3.05) is 13.7 Å². The van der Waals surface area contributed by atoms with Gasteiger partial charge in [-0.3, -0.25) is 9.59 Å². The number of aldehydes is 1. The van der Waals surface area contributed by atoms with Crippen LogP contribution in [0.5, 0.6) is 11.5 Å². The minimum Gasteiger partial charge on any atom is -0.497 e. The summed E-state index contributed by atoms with van der Waals surface area (Å²) in [5.74, 6) is 0.722. The van der Waals surface area contributed by atoms with Crippen molar-refractivity contribution in [3.8, 4) is 11.5 Å². The third kappa shape index (κ3) is 4.57. The summed E-state index contributed by atoms with van der Waals surface area (Å²) in [6.45, 7) is 4.33. The number of hydrogen-bond donors (Lipinski definition) is 1. The zero-order valence-electron chi connectivity index (χ0n) is 12.1. The van der Waals surface area contributed by atoms with Gasteiger partial charge in [0.25, 0.3) is 5.91 Å². The first-order valence-corrected chi connectivity index (χ1v) is 6.70. The molecule has 0 bridgehead atoms. The van der Waals surface area contributed by atoms with Gasteiger partial charge in [0, 0.05) is 12.6 Å². The highest BCUT2D eigenvalue weighted by Gasteiger charge is 2.16. The van der Waals surface area contributed by atoms with Gasteiger partial charge >= 0.3 is 0 Å². The van der Waals surface area contributed by atoms with Crippen molar-refractivity contribution in [2.45, 2.75) is 32.8 Å². The molecule has 0 radical (unpaired) electrons. The van der Waals surface area contributed by atoms with E-state index in [1.54, 1.807) is 25.1 Å². The van der Waals surface area contributed by atoms with Crippen LogP contribution in [-0.2, 0) is 4.79 Å². The van der Waals surface area contributed by atoms with E-state index in [9.17, 15) is 9.59 Å². The molecule has 0 spiro atoms. The van der Waals surface area contributed by atoms with Crippen molar-refractivity contribution in [1.82, 2.24) is 5.32 Å². The maximum Gasteiger partial charge on any atom is 0.260 e. The number of carbonyl (C=O) groups is 2. The molecular formula is C15H21NO4. The smallest absolute Gasteiger partial charge is 0.260 e. The number of nitrogens with one attached hydrogen (secondary N) is 1. The molecule has 0 aliphatic rings. The number of amides is 1. The number of ether oxygens (including phenoxy) is 2. The van der Waals surface area contributed by atoms with Gasteiger partial charge in [-0.1, -0.05) is 13.3 Å². The fourth-order valence-electron chi connectivity index (χ4n) is 1.62. The molecular weight excluding hydrogens is 258 g/mol. The number of carbonyl (C=O) groups excluding carboxylic acids is 2. The van der Waals surface area contributed by atoms with E-state index in [0.29, 0.717) is 29.9 Å². The fraction of sp³-hybridized carbons (Fsp3) is 0.467. The molecule has 1 aromatic rings. The SMILES string of the molecule is CCCCNC(=O)C(C)Oc1cc(OC)ccc1C=O. The van der Waals surface area contributed by atoms with Crippen LogP contribution in [-0.4, -0.2) is 32.0 Å². The van der Waals surface area contributed by atoms with Gasteiger partial charge in [0.1, 0.15) is 11.5 Å². The summed E-state index contributed by atoms with van der Waals surface area (Å²) < 4.78 is 10.6. The van der Waals surface area contributed by atoms with Crippen LogP contribution >= 0.6 is 0 Å². The molecule has 1 unspecified atom stereocenters. The molecule has 1 rings (SSSR count). The maximum absolute atomic E-state index is 11.8. The number of benzene rings is 1. The summed E-state index contributed by atoms with van der Waals surface area (Å²) in [6, 6.07) is 4.87. The van der Waals surface area contributed by atoms with E-state index in [2.05, 4.69) is 12.2 Å². The van der Waals surface area contributed by atoms with E-state index in [-0.39, 0.29) is 5.91 Å².